The summed E-state index contributed by atoms with van der Waals surface area (Å²) in [6.45, 7) is 13.3. The third-order valence-electron chi connectivity index (χ3n) is 11.8. The van der Waals surface area contributed by atoms with Crippen LogP contribution in [0.4, 0.5) is 0 Å². The maximum atomic E-state index is 10.2. The molecule has 3 aromatic heterocycles. The Bertz CT molecular complexity index is 3330. The second-order valence-electron chi connectivity index (χ2n) is 18.4. The van der Waals surface area contributed by atoms with Gasteiger partial charge in [0.1, 0.15) is 0 Å². The molecule has 8 nitrogen and oxygen atoms in total. The maximum Gasteiger partial charge on any atom is 0.166 e. The minimum absolute atomic E-state index is 0.0539. The van der Waals surface area contributed by atoms with Crippen LogP contribution in [0.5, 0.6) is 0 Å². The van der Waals surface area contributed by atoms with Crippen molar-refractivity contribution >= 4 is 21.8 Å². The van der Waals surface area contributed by atoms with Crippen molar-refractivity contribution in [2.45, 2.75) is 52.4 Å². The molecule has 0 aliphatic rings. The molecule has 0 radical (unpaired) electrons. The summed E-state index contributed by atoms with van der Waals surface area (Å²) in [6, 6.07) is 59.7. The van der Waals surface area contributed by atoms with Gasteiger partial charge < -0.3 is 4.57 Å². The Kier molecular flexibility index (Phi) is 10.2. The highest BCUT2D eigenvalue weighted by Gasteiger charge is 2.23. The summed E-state index contributed by atoms with van der Waals surface area (Å²) in [5.41, 5.74) is 10.7. The first-order valence-corrected chi connectivity index (χ1v) is 21.8. The Balaban J connectivity index is 1.18. The number of benzene rings is 7. The summed E-state index contributed by atoms with van der Waals surface area (Å²) < 4.78 is 2.24. The lowest BCUT2D eigenvalue weighted by Crippen LogP contribution is -2.11. The Hall–Kier alpha value is -8.15. The van der Waals surface area contributed by atoms with E-state index in [4.69, 9.17) is 29.9 Å². The Morgan fingerprint density at radius 2 is 0.831 bits per heavy atom. The highest BCUT2D eigenvalue weighted by Crippen LogP contribution is 2.39. The number of rotatable bonds is 7. The van der Waals surface area contributed by atoms with Crippen molar-refractivity contribution in [2.24, 2.45) is 0 Å². The Morgan fingerprint density at radius 3 is 1.35 bits per heavy atom. The van der Waals surface area contributed by atoms with Crippen LogP contribution in [0, 0.1) is 11.3 Å². The summed E-state index contributed by atoms with van der Waals surface area (Å²) in [7, 11) is 0. The van der Waals surface area contributed by atoms with Gasteiger partial charge in [-0.05, 0) is 76.6 Å². The molecule has 0 saturated heterocycles. The van der Waals surface area contributed by atoms with E-state index in [9.17, 15) is 5.26 Å². The van der Waals surface area contributed by atoms with Crippen LogP contribution in [-0.2, 0) is 10.8 Å². The number of aromatic nitrogens is 7. The van der Waals surface area contributed by atoms with Crippen molar-refractivity contribution < 1.29 is 0 Å². The fraction of sp³-hybridized carbons (Fsp3) is 0.140. The Labute approximate surface area is 379 Å². The number of fused-ring (bicyclic) bond motifs is 3. The average Bonchev–Trinajstić information content (AvgIpc) is 3.67. The van der Waals surface area contributed by atoms with E-state index in [-0.39, 0.29) is 10.8 Å². The third-order valence-corrected chi connectivity index (χ3v) is 11.8. The molecular formula is C57H46N8. The quantitative estimate of drug-likeness (QED) is 0.157. The van der Waals surface area contributed by atoms with Crippen LogP contribution in [0.3, 0.4) is 0 Å². The standard InChI is InChI=1S/C57H46N8/c1-56(2,3)42-23-15-21-39(32-42)52-60-53(40-22-16-24-43(33-40)57(4,5)6)62-54(61-52)41-28-30-48-45(34-41)44-25-13-14-26-47(44)65(48)49-29-27-36(35-58)31-46(49)55-63-50(37-17-9-7-10-18-37)59-51(64-55)38-19-11-8-12-20-38/h7-34H,1-6H3. The predicted molar refractivity (Wildman–Crippen MR) is 262 cm³/mol. The first-order chi connectivity index (χ1) is 31.4. The lowest BCUT2D eigenvalue weighted by atomic mass is 9.86. The second kappa shape index (κ2) is 16.2. The topological polar surface area (TPSA) is 106 Å². The van der Waals surface area contributed by atoms with E-state index in [0.717, 1.165) is 55.3 Å². The molecule has 0 aliphatic heterocycles. The molecule has 0 bridgehead atoms. The molecule has 0 unspecified atom stereocenters. The van der Waals surface area contributed by atoms with Crippen molar-refractivity contribution in [3.63, 3.8) is 0 Å². The first-order valence-electron chi connectivity index (χ1n) is 21.8. The molecule has 0 fully saturated rings. The van der Waals surface area contributed by atoms with Crippen molar-refractivity contribution in [1.29, 1.82) is 5.26 Å². The van der Waals surface area contributed by atoms with Gasteiger partial charge in [0.15, 0.2) is 34.9 Å². The van der Waals surface area contributed by atoms with Crippen LogP contribution >= 0.6 is 0 Å². The Morgan fingerprint density at radius 1 is 0.385 bits per heavy atom. The molecule has 0 spiro atoms. The second-order valence-corrected chi connectivity index (χ2v) is 18.4. The van der Waals surface area contributed by atoms with E-state index in [1.54, 1.807) is 0 Å². The molecule has 0 aliphatic carbocycles. The predicted octanol–water partition coefficient (Wildman–Crippen LogP) is 13.6. The zero-order valence-corrected chi connectivity index (χ0v) is 37.2. The fourth-order valence-electron chi connectivity index (χ4n) is 8.29. The lowest BCUT2D eigenvalue weighted by Gasteiger charge is -2.20. The van der Waals surface area contributed by atoms with E-state index >= 15 is 0 Å². The van der Waals surface area contributed by atoms with Gasteiger partial charge in [0.25, 0.3) is 0 Å². The highest BCUT2D eigenvalue weighted by molar-refractivity contribution is 6.10. The third kappa shape index (κ3) is 7.94. The van der Waals surface area contributed by atoms with Crippen LogP contribution in [0.1, 0.15) is 58.2 Å². The molecule has 8 heteroatoms. The maximum absolute atomic E-state index is 10.2. The fourth-order valence-corrected chi connectivity index (χ4v) is 8.29. The minimum atomic E-state index is -0.0539. The van der Waals surface area contributed by atoms with E-state index in [1.165, 1.54) is 11.1 Å². The van der Waals surface area contributed by atoms with Crippen molar-refractivity contribution in [3.05, 3.63) is 187 Å². The molecule has 0 atom stereocenters. The van der Waals surface area contributed by atoms with Crippen molar-refractivity contribution in [1.82, 2.24) is 34.5 Å². The average molecular weight is 843 g/mol. The monoisotopic (exact) mass is 842 g/mol. The normalized spacial score (nSPS) is 11.8. The van der Waals surface area contributed by atoms with Gasteiger partial charge in [-0.2, -0.15) is 5.26 Å². The van der Waals surface area contributed by atoms with Gasteiger partial charge in [0, 0.05) is 44.2 Å². The van der Waals surface area contributed by atoms with E-state index < -0.39 is 0 Å². The summed E-state index contributed by atoms with van der Waals surface area (Å²) >= 11 is 0. The van der Waals surface area contributed by atoms with Gasteiger partial charge in [-0.25, -0.2) is 29.9 Å². The van der Waals surface area contributed by atoms with Crippen molar-refractivity contribution in [2.75, 3.05) is 0 Å². The summed E-state index contributed by atoms with van der Waals surface area (Å²) in [5.74, 6) is 3.36. The van der Waals surface area contributed by atoms with Crippen LogP contribution in [-0.4, -0.2) is 34.5 Å². The van der Waals surface area contributed by atoms with Gasteiger partial charge >= 0.3 is 0 Å². The molecule has 0 saturated carbocycles. The highest BCUT2D eigenvalue weighted by atomic mass is 15.1. The van der Waals surface area contributed by atoms with Crippen molar-refractivity contribution in [3.8, 4) is 80.1 Å². The smallest absolute Gasteiger partial charge is 0.166 e. The van der Waals surface area contributed by atoms with Crippen LogP contribution < -0.4 is 0 Å². The van der Waals surface area contributed by atoms with E-state index in [1.807, 2.05) is 84.9 Å². The van der Waals surface area contributed by atoms with Crippen LogP contribution in [0.15, 0.2) is 170 Å². The van der Waals surface area contributed by atoms with Gasteiger partial charge in [-0.15, -0.1) is 0 Å². The largest absolute Gasteiger partial charge is 0.308 e. The number of hydrogen-bond acceptors (Lipinski definition) is 7. The zero-order valence-electron chi connectivity index (χ0n) is 37.2. The van der Waals surface area contributed by atoms with Crippen LogP contribution in [0.25, 0.3) is 95.8 Å². The van der Waals surface area contributed by atoms with Gasteiger partial charge in [0.2, 0.25) is 0 Å². The minimum Gasteiger partial charge on any atom is -0.308 e. The summed E-state index contributed by atoms with van der Waals surface area (Å²) in [5, 5.41) is 12.3. The number of hydrogen-bond donors (Lipinski definition) is 0. The first kappa shape index (κ1) is 40.9. The molecule has 0 amide bonds. The number of nitriles is 1. The lowest BCUT2D eigenvalue weighted by molar-refractivity contribution is 0.590. The number of nitrogens with zero attached hydrogens (tertiary/aromatic N) is 8. The van der Waals surface area contributed by atoms with E-state index in [2.05, 4.69) is 137 Å². The molecule has 314 valence electrons. The van der Waals surface area contributed by atoms with E-state index in [0.29, 0.717) is 46.1 Å². The summed E-state index contributed by atoms with van der Waals surface area (Å²) in [4.78, 5) is 30.7. The molecule has 7 aromatic carbocycles. The molecule has 65 heavy (non-hydrogen) atoms. The summed E-state index contributed by atoms with van der Waals surface area (Å²) in [6.07, 6.45) is 0. The number of para-hydroxylation sites is 1. The molecule has 10 rings (SSSR count). The van der Waals surface area contributed by atoms with Crippen LogP contribution in [0.2, 0.25) is 0 Å². The molecule has 10 aromatic rings. The van der Waals surface area contributed by atoms with Gasteiger partial charge in [-0.1, -0.05) is 157 Å². The van der Waals surface area contributed by atoms with Gasteiger partial charge in [0.05, 0.1) is 28.4 Å². The SMILES string of the molecule is CC(C)(C)c1cccc(-c2nc(-c3cccc(C(C)(C)C)c3)nc(-c3ccc4c(c3)c3ccccc3n4-c3ccc(C#N)cc3-c3nc(-c4ccccc4)nc(-c4ccccc4)n3)n2)c1. The molecule has 0 N–H and O–H groups in total. The zero-order chi connectivity index (χ0) is 44.9. The molecule has 3 heterocycles. The molecular weight excluding hydrogens is 797 g/mol. The van der Waals surface area contributed by atoms with Gasteiger partial charge in [-0.3, -0.25) is 0 Å².